The van der Waals surface area contributed by atoms with Crippen LogP contribution in [0.25, 0.3) is 0 Å². The first-order valence-corrected chi connectivity index (χ1v) is 9.09. The molecular weight excluding hydrogens is 304 g/mol. The number of nitrogens with one attached hydrogen (secondary N) is 1. The quantitative estimate of drug-likeness (QED) is 0.885. The van der Waals surface area contributed by atoms with E-state index in [0.29, 0.717) is 37.8 Å². The Morgan fingerprint density at radius 1 is 1.18 bits per heavy atom. The maximum atomic E-state index is 12.9. The molecule has 0 amide bonds. The van der Waals surface area contributed by atoms with E-state index in [-0.39, 0.29) is 17.0 Å². The fourth-order valence-electron chi connectivity index (χ4n) is 2.80. The van der Waals surface area contributed by atoms with Gasteiger partial charge < -0.3 is 14.8 Å². The van der Waals surface area contributed by atoms with Gasteiger partial charge in [0.05, 0.1) is 18.1 Å². The number of ether oxygens (including phenoxy) is 2. The van der Waals surface area contributed by atoms with Gasteiger partial charge in [0.2, 0.25) is 10.0 Å². The minimum atomic E-state index is -3.53. The Balaban J connectivity index is 1.93. The Morgan fingerprint density at radius 2 is 1.91 bits per heavy atom. The zero-order valence-corrected chi connectivity index (χ0v) is 13.7. The summed E-state index contributed by atoms with van der Waals surface area (Å²) in [5.41, 5.74) is 0. The number of fused-ring (bicyclic) bond motifs is 1. The first-order valence-electron chi connectivity index (χ1n) is 7.65. The van der Waals surface area contributed by atoms with Crippen LogP contribution >= 0.6 is 0 Å². The van der Waals surface area contributed by atoms with Gasteiger partial charge in [-0.2, -0.15) is 4.31 Å². The van der Waals surface area contributed by atoms with Crippen molar-refractivity contribution in [3.63, 3.8) is 0 Å². The van der Waals surface area contributed by atoms with Crippen molar-refractivity contribution in [3.05, 3.63) is 18.2 Å². The average molecular weight is 326 g/mol. The summed E-state index contributed by atoms with van der Waals surface area (Å²) in [7, 11) is -3.53. The molecule has 1 aromatic carbocycles. The van der Waals surface area contributed by atoms with E-state index in [9.17, 15) is 8.42 Å². The van der Waals surface area contributed by atoms with Crippen molar-refractivity contribution in [3.8, 4) is 11.5 Å². The van der Waals surface area contributed by atoms with Gasteiger partial charge in [0.15, 0.2) is 11.5 Å². The summed E-state index contributed by atoms with van der Waals surface area (Å²) < 4.78 is 38.6. The molecule has 1 N–H and O–H groups in total. The minimum Gasteiger partial charge on any atom is -0.490 e. The largest absolute Gasteiger partial charge is 0.490 e. The van der Waals surface area contributed by atoms with E-state index in [1.807, 2.05) is 13.8 Å². The lowest BCUT2D eigenvalue weighted by Crippen LogP contribution is -2.57. The van der Waals surface area contributed by atoms with E-state index in [2.05, 4.69) is 5.32 Å². The molecule has 2 aliphatic rings. The smallest absolute Gasteiger partial charge is 0.243 e. The maximum absolute atomic E-state index is 12.9. The number of sulfonamides is 1. The molecule has 1 saturated heterocycles. The van der Waals surface area contributed by atoms with Crippen LogP contribution in [0.15, 0.2) is 23.1 Å². The Morgan fingerprint density at radius 3 is 2.68 bits per heavy atom. The summed E-state index contributed by atoms with van der Waals surface area (Å²) in [6, 6.07) is 4.90. The molecular formula is C15H22N2O4S. The van der Waals surface area contributed by atoms with Crippen LogP contribution in [0, 0.1) is 0 Å². The normalized spacial score (nSPS) is 26.5. The Kier molecular flexibility index (Phi) is 4.29. The topological polar surface area (TPSA) is 67.9 Å². The predicted octanol–water partition coefficient (Wildman–Crippen LogP) is 1.22. The van der Waals surface area contributed by atoms with E-state index in [1.165, 1.54) is 0 Å². The monoisotopic (exact) mass is 326 g/mol. The molecule has 3 rings (SSSR count). The zero-order chi connectivity index (χ0) is 15.7. The summed E-state index contributed by atoms with van der Waals surface area (Å²) >= 11 is 0. The third-order valence-electron chi connectivity index (χ3n) is 4.30. The summed E-state index contributed by atoms with van der Waals surface area (Å²) in [5.74, 6) is 1.12. The highest BCUT2D eigenvalue weighted by Gasteiger charge is 2.34. The van der Waals surface area contributed by atoms with Crippen LogP contribution in [-0.4, -0.2) is 51.1 Å². The van der Waals surface area contributed by atoms with Crippen LogP contribution in [0.3, 0.4) is 0 Å². The third-order valence-corrected chi connectivity index (χ3v) is 6.28. The van der Waals surface area contributed by atoms with Crippen molar-refractivity contribution in [2.24, 2.45) is 0 Å². The van der Waals surface area contributed by atoms with E-state index in [1.54, 1.807) is 22.5 Å². The van der Waals surface area contributed by atoms with Gasteiger partial charge >= 0.3 is 0 Å². The molecule has 0 aromatic heterocycles. The molecule has 122 valence electrons. The number of benzene rings is 1. The molecule has 1 aromatic rings. The lowest BCUT2D eigenvalue weighted by atomic mass is 10.1. The number of hydrogen-bond acceptors (Lipinski definition) is 5. The van der Waals surface area contributed by atoms with Crippen molar-refractivity contribution in [1.82, 2.24) is 9.62 Å². The Bertz CT molecular complexity index is 647. The van der Waals surface area contributed by atoms with Gasteiger partial charge in [-0.05, 0) is 26.0 Å². The third kappa shape index (κ3) is 2.80. The first kappa shape index (κ1) is 15.6. The Labute approximate surface area is 131 Å². The van der Waals surface area contributed by atoms with Crippen LogP contribution < -0.4 is 14.8 Å². The minimum absolute atomic E-state index is 0.0882. The highest BCUT2D eigenvalue weighted by molar-refractivity contribution is 7.89. The summed E-state index contributed by atoms with van der Waals surface area (Å²) in [6.45, 7) is 6.19. The molecule has 2 unspecified atom stereocenters. The summed E-state index contributed by atoms with van der Waals surface area (Å²) in [4.78, 5) is 0.262. The molecule has 22 heavy (non-hydrogen) atoms. The van der Waals surface area contributed by atoms with Crippen LogP contribution in [0.4, 0.5) is 0 Å². The number of rotatable bonds is 2. The molecule has 2 heterocycles. The molecule has 0 bridgehead atoms. The Hall–Kier alpha value is -1.31. The van der Waals surface area contributed by atoms with Gasteiger partial charge in [-0.1, -0.05) is 0 Å². The van der Waals surface area contributed by atoms with Crippen molar-refractivity contribution in [1.29, 1.82) is 0 Å². The fourth-order valence-corrected chi connectivity index (χ4v) is 4.52. The lowest BCUT2D eigenvalue weighted by molar-refractivity contribution is 0.232. The fraction of sp³-hybridized carbons (Fsp3) is 0.600. The number of nitrogens with zero attached hydrogens (tertiary/aromatic N) is 1. The van der Waals surface area contributed by atoms with Gasteiger partial charge in [-0.25, -0.2) is 8.42 Å². The SMILES string of the molecule is CC1NCCN(S(=O)(=O)c2ccc3c(c2)OCCCO3)C1C. The van der Waals surface area contributed by atoms with E-state index in [0.717, 1.165) is 6.42 Å². The zero-order valence-electron chi connectivity index (χ0n) is 12.9. The maximum Gasteiger partial charge on any atom is 0.243 e. The van der Waals surface area contributed by atoms with Gasteiger partial charge in [0.25, 0.3) is 0 Å². The van der Waals surface area contributed by atoms with E-state index < -0.39 is 10.0 Å². The van der Waals surface area contributed by atoms with Crippen LogP contribution in [-0.2, 0) is 10.0 Å². The lowest BCUT2D eigenvalue weighted by Gasteiger charge is -2.37. The number of piperazine rings is 1. The van der Waals surface area contributed by atoms with Crippen LogP contribution in [0.2, 0.25) is 0 Å². The second kappa shape index (κ2) is 6.06. The van der Waals surface area contributed by atoms with Crippen molar-refractivity contribution < 1.29 is 17.9 Å². The van der Waals surface area contributed by atoms with Crippen molar-refractivity contribution in [2.45, 2.75) is 37.2 Å². The van der Waals surface area contributed by atoms with E-state index in [4.69, 9.17) is 9.47 Å². The van der Waals surface area contributed by atoms with Gasteiger partial charge in [-0.15, -0.1) is 0 Å². The van der Waals surface area contributed by atoms with Crippen molar-refractivity contribution >= 4 is 10.0 Å². The highest BCUT2D eigenvalue weighted by atomic mass is 32.2. The second-order valence-corrected chi connectivity index (χ2v) is 7.65. The molecule has 1 fully saturated rings. The van der Waals surface area contributed by atoms with Crippen LogP contribution in [0.5, 0.6) is 11.5 Å². The van der Waals surface area contributed by atoms with E-state index >= 15 is 0 Å². The standard InChI is InChI=1S/C15H22N2O4S/c1-11-12(2)17(7-6-16-11)22(18,19)13-4-5-14-15(10-13)21-9-3-8-20-14/h4-5,10-12,16H,3,6-9H2,1-2H3. The summed E-state index contributed by atoms with van der Waals surface area (Å²) in [5, 5.41) is 3.29. The predicted molar refractivity (Wildman–Crippen MR) is 82.9 cm³/mol. The molecule has 0 radical (unpaired) electrons. The molecule has 2 atom stereocenters. The average Bonchev–Trinajstić information content (AvgIpc) is 2.74. The first-order chi connectivity index (χ1) is 10.5. The van der Waals surface area contributed by atoms with Gasteiger partial charge in [-0.3, -0.25) is 0 Å². The molecule has 0 spiro atoms. The molecule has 6 nitrogen and oxygen atoms in total. The second-order valence-electron chi connectivity index (χ2n) is 5.76. The molecule has 7 heteroatoms. The van der Waals surface area contributed by atoms with Gasteiger partial charge in [0.1, 0.15) is 0 Å². The molecule has 0 aliphatic carbocycles. The number of hydrogen-bond donors (Lipinski definition) is 1. The molecule has 0 saturated carbocycles. The van der Waals surface area contributed by atoms with Crippen molar-refractivity contribution in [2.75, 3.05) is 26.3 Å². The highest BCUT2D eigenvalue weighted by Crippen LogP contribution is 2.33. The van der Waals surface area contributed by atoms with Gasteiger partial charge in [0, 0.05) is 37.7 Å². The summed E-state index contributed by atoms with van der Waals surface area (Å²) in [6.07, 6.45) is 0.795. The van der Waals surface area contributed by atoms with Crippen LogP contribution in [0.1, 0.15) is 20.3 Å². The molecule has 2 aliphatic heterocycles.